The number of carbonyl (C=O) groups is 1. The van der Waals surface area contributed by atoms with Gasteiger partial charge < -0.3 is 0 Å². The predicted molar refractivity (Wildman–Crippen MR) is 86.5 cm³/mol. The normalized spacial score (nSPS) is 12.8. The molecule has 0 aliphatic heterocycles. The molecule has 102 valence electrons. The van der Waals surface area contributed by atoms with Gasteiger partial charge in [-0.25, -0.2) is 0 Å². The van der Waals surface area contributed by atoms with Crippen molar-refractivity contribution in [3.05, 3.63) is 43.2 Å². The molecule has 0 spiro atoms. The fourth-order valence-corrected chi connectivity index (χ4v) is 4.17. The highest BCUT2D eigenvalue weighted by atomic mass is 79.9. The lowest BCUT2D eigenvalue weighted by Gasteiger charge is -2.23. The van der Waals surface area contributed by atoms with E-state index in [4.69, 9.17) is 0 Å². The van der Waals surface area contributed by atoms with Crippen molar-refractivity contribution in [1.82, 2.24) is 4.90 Å². The average Bonchev–Trinajstić information content (AvgIpc) is 3.00. The highest BCUT2D eigenvalue weighted by molar-refractivity contribution is 9.10. The number of thiophene rings is 2. The summed E-state index contributed by atoms with van der Waals surface area (Å²) in [5.74, 6) is 0.183. The molecule has 0 aromatic carbocycles. The van der Waals surface area contributed by atoms with E-state index in [2.05, 4.69) is 45.3 Å². The lowest BCUT2D eigenvalue weighted by molar-refractivity contribution is 0.0928. The van der Waals surface area contributed by atoms with Crippen molar-refractivity contribution >= 4 is 44.4 Å². The molecule has 5 heteroatoms. The maximum Gasteiger partial charge on any atom is 0.187 e. The van der Waals surface area contributed by atoms with E-state index in [1.165, 1.54) is 16.2 Å². The zero-order valence-corrected chi connectivity index (χ0v) is 14.1. The summed E-state index contributed by atoms with van der Waals surface area (Å²) in [7, 11) is 2.01. The van der Waals surface area contributed by atoms with Crippen LogP contribution >= 0.6 is 38.6 Å². The topological polar surface area (TPSA) is 20.3 Å². The zero-order chi connectivity index (χ0) is 13.8. The Labute approximate surface area is 130 Å². The molecule has 0 fully saturated rings. The number of hydrogen-bond donors (Lipinski definition) is 0. The third-order valence-corrected chi connectivity index (χ3v) is 5.87. The van der Waals surface area contributed by atoms with E-state index in [1.807, 2.05) is 18.5 Å². The van der Waals surface area contributed by atoms with Crippen molar-refractivity contribution in [2.75, 3.05) is 13.6 Å². The van der Waals surface area contributed by atoms with E-state index in [1.54, 1.807) is 11.3 Å². The van der Waals surface area contributed by atoms with Gasteiger partial charge >= 0.3 is 0 Å². The second kappa shape index (κ2) is 6.79. The van der Waals surface area contributed by atoms with Gasteiger partial charge in [0, 0.05) is 15.4 Å². The van der Waals surface area contributed by atoms with Crippen LogP contribution in [0.4, 0.5) is 0 Å². The van der Waals surface area contributed by atoms with Gasteiger partial charge in [-0.05, 0) is 59.2 Å². The van der Waals surface area contributed by atoms with Crippen LogP contribution in [0.15, 0.2) is 33.4 Å². The summed E-state index contributed by atoms with van der Waals surface area (Å²) in [5.41, 5.74) is 0. The minimum absolute atomic E-state index is 0.183. The molecule has 0 bridgehead atoms. The van der Waals surface area contributed by atoms with Gasteiger partial charge in [0.25, 0.3) is 0 Å². The molecule has 2 aromatic rings. The van der Waals surface area contributed by atoms with Gasteiger partial charge in [0.2, 0.25) is 0 Å². The van der Waals surface area contributed by atoms with E-state index in [0.717, 1.165) is 15.8 Å². The second-order valence-corrected chi connectivity index (χ2v) is 7.37. The molecular weight excluding hydrogens is 342 g/mol. The number of carbonyl (C=O) groups excluding carboxylic acids is 1. The van der Waals surface area contributed by atoms with E-state index in [0.29, 0.717) is 12.6 Å². The van der Waals surface area contributed by atoms with Crippen LogP contribution in [0.1, 0.15) is 21.5 Å². The van der Waals surface area contributed by atoms with Crippen LogP contribution in [0.2, 0.25) is 0 Å². The lowest BCUT2D eigenvalue weighted by atomic mass is 10.1. The molecule has 0 N–H and O–H groups in total. The number of nitrogens with zero attached hydrogens (tertiary/aromatic N) is 1. The third kappa shape index (κ3) is 3.99. The van der Waals surface area contributed by atoms with Crippen LogP contribution < -0.4 is 0 Å². The zero-order valence-electron chi connectivity index (χ0n) is 10.9. The molecule has 2 nitrogen and oxygen atoms in total. The van der Waals surface area contributed by atoms with Crippen LogP contribution in [0.25, 0.3) is 0 Å². The Morgan fingerprint density at radius 1 is 1.37 bits per heavy atom. The largest absolute Gasteiger partial charge is 0.296 e. The van der Waals surface area contributed by atoms with Crippen LogP contribution in [0.5, 0.6) is 0 Å². The maximum absolute atomic E-state index is 12.2. The van der Waals surface area contributed by atoms with Crippen molar-refractivity contribution in [1.29, 1.82) is 0 Å². The Balaban J connectivity index is 1.91. The molecule has 19 heavy (non-hydrogen) atoms. The Morgan fingerprint density at radius 3 is 2.74 bits per heavy atom. The molecule has 0 saturated carbocycles. The van der Waals surface area contributed by atoms with E-state index in [9.17, 15) is 4.79 Å². The summed E-state index contributed by atoms with van der Waals surface area (Å²) in [6, 6.07) is 6.50. The standard InChI is InChI=1S/C14H16BrNOS2/c1-10(8-11-4-3-6-18-11)16(2)9-13(17)14-12(15)5-7-19-14/h3-7,10H,8-9H2,1-2H3. The summed E-state index contributed by atoms with van der Waals surface area (Å²) < 4.78 is 0.904. The van der Waals surface area contributed by atoms with Gasteiger partial charge in [0.15, 0.2) is 5.78 Å². The van der Waals surface area contributed by atoms with Crippen molar-refractivity contribution in [3.8, 4) is 0 Å². The number of rotatable bonds is 6. The van der Waals surface area contributed by atoms with Gasteiger partial charge in [-0.15, -0.1) is 22.7 Å². The van der Waals surface area contributed by atoms with Crippen LogP contribution in [0, 0.1) is 0 Å². The number of likely N-dealkylation sites (N-methyl/N-ethyl adjacent to an activating group) is 1. The molecule has 1 unspecified atom stereocenters. The molecule has 2 aromatic heterocycles. The average molecular weight is 358 g/mol. The SMILES string of the molecule is CC(Cc1cccs1)N(C)CC(=O)c1sccc1Br. The minimum Gasteiger partial charge on any atom is -0.296 e. The van der Waals surface area contributed by atoms with Crippen LogP contribution in [-0.2, 0) is 6.42 Å². The van der Waals surface area contributed by atoms with Gasteiger partial charge in [0.1, 0.15) is 0 Å². The Hall–Kier alpha value is -0.490. The predicted octanol–water partition coefficient (Wildman–Crippen LogP) is 4.32. The van der Waals surface area contributed by atoms with E-state index in [-0.39, 0.29) is 5.78 Å². The van der Waals surface area contributed by atoms with Crippen LogP contribution in [0.3, 0.4) is 0 Å². The smallest absolute Gasteiger partial charge is 0.187 e. The first-order valence-electron chi connectivity index (χ1n) is 6.06. The van der Waals surface area contributed by atoms with Crippen LogP contribution in [-0.4, -0.2) is 30.3 Å². The monoisotopic (exact) mass is 357 g/mol. The Bertz CT molecular complexity index is 535. The summed E-state index contributed by atoms with van der Waals surface area (Å²) >= 11 is 6.68. The first-order chi connectivity index (χ1) is 9.08. The lowest BCUT2D eigenvalue weighted by Crippen LogP contribution is -2.35. The third-order valence-electron chi connectivity index (χ3n) is 3.09. The highest BCUT2D eigenvalue weighted by Crippen LogP contribution is 2.23. The fraction of sp³-hybridized carbons (Fsp3) is 0.357. The van der Waals surface area contributed by atoms with Crippen molar-refractivity contribution in [2.45, 2.75) is 19.4 Å². The van der Waals surface area contributed by atoms with Gasteiger partial charge in [0.05, 0.1) is 11.4 Å². The molecule has 2 heterocycles. The number of ketones is 1. The Morgan fingerprint density at radius 2 is 2.16 bits per heavy atom. The molecule has 1 atom stereocenters. The Kier molecular flexibility index (Phi) is 5.33. The van der Waals surface area contributed by atoms with E-state index >= 15 is 0 Å². The second-order valence-electron chi connectivity index (χ2n) is 4.57. The van der Waals surface area contributed by atoms with Gasteiger partial charge in [-0.2, -0.15) is 0 Å². The molecule has 0 amide bonds. The van der Waals surface area contributed by atoms with Crippen molar-refractivity contribution in [2.24, 2.45) is 0 Å². The summed E-state index contributed by atoms with van der Waals surface area (Å²) in [4.78, 5) is 16.5. The van der Waals surface area contributed by atoms with E-state index < -0.39 is 0 Å². The van der Waals surface area contributed by atoms with Gasteiger partial charge in [-0.1, -0.05) is 6.07 Å². The first-order valence-corrected chi connectivity index (χ1v) is 8.62. The molecule has 0 radical (unpaired) electrons. The number of Topliss-reactive ketones (excluding diaryl/α,β-unsaturated/α-hetero) is 1. The number of hydrogen-bond acceptors (Lipinski definition) is 4. The van der Waals surface area contributed by atoms with Crippen molar-refractivity contribution < 1.29 is 4.79 Å². The molecule has 0 saturated heterocycles. The molecule has 0 aliphatic carbocycles. The summed E-state index contributed by atoms with van der Waals surface area (Å²) in [6.07, 6.45) is 0.993. The summed E-state index contributed by atoms with van der Waals surface area (Å²) in [5, 5.41) is 4.03. The maximum atomic E-state index is 12.2. The highest BCUT2D eigenvalue weighted by Gasteiger charge is 2.17. The first kappa shape index (κ1) is 14.9. The fourth-order valence-electron chi connectivity index (χ4n) is 1.82. The van der Waals surface area contributed by atoms with Gasteiger partial charge in [-0.3, -0.25) is 9.69 Å². The number of halogens is 1. The van der Waals surface area contributed by atoms with Crippen molar-refractivity contribution in [3.63, 3.8) is 0 Å². The summed E-state index contributed by atoms with van der Waals surface area (Å²) in [6.45, 7) is 2.63. The minimum atomic E-state index is 0.183. The molecular formula is C14H16BrNOS2. The molecule has 0 aliphatic rings. The quantitative estimate of drug-likeness (QED) is 0.717. The molecule has 2 rings (SSSR count).